The van der Waals surface area contributed by atoms with Crippen LogP contribution < -0.4 is 0 Å². The van der Waals surface area contributed by atoms with Crippen molar-refractivity contribution in [2.45, 2.75) is 32.4 Å². The average molecular weight is 394 g/mol. The standard InChI is InChI=1S/C22H23FN4O2/c23-17-5-3-15(4-6-17)12-26-14-16(13-25-8-1-2-9-25)20-18-7-10-27(29)22(28)21(18)24-11-19(20)26/h3-6,11,14,29H,1-2,7-10,12-13H2. The van der Waals surface area contributed by atoms with Crippen LogP contribution in [-0.4, -0.2) is 50.3 Å². The zero-order valence-electron chi connectivity index (χ0n) is 16.1. The molecule has 3 aromatic rings. The summed E-state index contributed by atoms with van der Waals surface area (Å²) in [5.41, 5.74) is 4.42. The maximum absolute atomic E-state index is 13.3. The molecule has 0 saturated carbocycles. The summed E-state index contributed by atoms with van der Waals surface area (Å²) in [4.78, 5) is 19.2. The van der Waals surface area contributed by atoms with Crippen LogP contribution in [0.25, 0.3) is 10.9 Å². The number of benzene rings is 1. The van der Waals surface area contributed by atoms with Crippen LogP contribution in [0, 0.1) is 5.82 Å². The van der Waals surface area contributed by atoms with Crippen LogP contribution >= 0.6 is 0 Å². The first-order valence-electron chi connectivity index (χ1n) is 10.1. The molecule has 0 unspecified atom stereocenters. The van der Waals surface area contributed by atoms with Crippen molar-refractivity contribution < 1.29 is 14.4 Å². The number of pyridine rings is 1. The summed E-state index contributed by atoms with van der Waals surface area (Å²) in [5.74, 6) is -0.685. The van der Waals surface area contributed by atoms with E-state index in [0.717, 1.165) is 46.7 Å². The van der Waals surface area contributed by atoms with E-state index in [0.29, 0.717) is 18.7 Å². The maximum atomic E-state index is 13.3. The highest BCUT2D eigenvalue weighted by Crippen LogP contribution is 2.31. The second kappa shape index (κ2) is 7.24. The number of carbonyl (C=O) groups excluding carboxylic acids is 1. The number of hydrogen-bond acceptors (Lipinski definition) is 4. The van der Waals surface area contributed by atoms with Gasteiger partial charge in [0.1, 0.15) is 11.5 Å². The molecule has 0 bridgehead atoms. The van der Waals surface area contributed by atoms with Gasteiger partial charge in [-0.1, -0.05) is 12.1 Å². The van der Waals surface area contributed by atoms with Crippen molar-refractivity contribution in [2.75, 3.05) is 19.6 Å². The highest BCUT2D eigenvalue weighted by molar-refractivity contribution is 6.00. The molecule has 7 heteroatoms. The Morgan fingerprint density at radius 1 is 1.07 bits per heavy atom. The first-order valence-corrected chi connectivity index (χ1v) is 10.1. The first kappa shape index (κ1) is 18.3. The van der Waals surface area contributed by atoms with E-state index in [2.05, 4.69) is 20.6 Å². The topological polar surface area (TPSA) is 61.6 Å². The van der Waals surface area contributed by atoms with Gasteiger partial charge in [0.2, 0.25) is 0 Å². The van der Waals surface area contributed by atoms with Crippen LogP contribution in [0.4, 0.5) is 4.39 Å². The minimum Gasteiger partial charge on any atom is -0.341 e. The van der Waals surface area contributed by atoms with E-state index in [4.69, 9.17) is 0 Å². The second-order valence-electron chi connectivity index (χ2n) is 7.92. The van der Waals surface area contributed by atoms with Gasteiger partial charge in [0.05, 0.1) is 18.3 Å². The van der Waals surface area contributed by atoms with E-state index < -0.39 is 5.91 Å². The maximum Gasteiger partial charge on any atom is 0.296 e. The molecule has 1 amide bonds. The zero-order valence-corrected chi connectivity index (χ0v) is 16.1. The third-order valence-corrected chi connectivity index (χ3v) is 5.97. The molecule has 5 rings (SSSR count). The molecule has 1 aromatic carbocycles. The van der Waals surface area contributed by atoms with Gasteiger partial charge in [0.25, 0.3) is 5.91 Å². The zero-order chi connectivity index (χ0) is 20.0. The molecular formula is C22H23FN4O2. The van der Waals surface area contributed by atoms with E-state index in [1.54, 1.807) is 18.3 Å². The van der Waals surface area contributed by atoms with E-state index in [1.807, 2.05) is 0 Å². The largest absolute Gasteiger partial charge is 0.341 e. The summed E-state index contributed by atoms with van der Waals surface area (Å²) in [5, 5.41) is 11.6. The summed E-state index contributed by atoms with van der Waals surface area (Å²) < 4.78 is 15.4. The van der Waals surface area contributed by atoms with Crippen molar-refractivity contribution in [3.63, 3.8) is 0 Å². The Morgan fingerprint density at radius 2 is 1.83 bits per heavy atom. The average Bonchev–Trinajstić information content (AvgIpc) is 3.35. The van der Waals surface area contributed by atoms with Crippen molar-refractivity contribution in [3.8, 4) is 0 Å². The summed E-state index contributed by atoms with van der Waals surface area (Å²) in [6.07, 6.45) is 6.87. The molecular weight excluding hydrogens is 371 g/mol. The van der Waals surface area contributed by atoms with E-state index in [-0.39, 0.29) is 12.4 Å². The molecule has 0 aliphatic carbocycles. The minimum absolute atomic E-state index is 0.247. The van der Waals surface area contributed by atoms with Crippen molar-refractivity contribution in [2.24, 2.45) is 0 Å². The smallest absolute Gasteiger partial charge is 0.296 e. The lowest BCUT2D eigenvalue weighted by Gasteiger charge is -2.23. The summed E-state index contributed by atoms with van der Waals surface area (Å²) in [7, 11) is 0. The summed E-state index contributed by atoms with van der Waals surface area (Å²) >= 11 is 0. The Balaban J connectivity index is 1.62. The molecule has 0 atom stereocenters. The Kier molecular flexibility index (Phi) is 4.56. The van der Waals surface area contributed by atoms with E-state index in [1.165, 1.54) is 30.5 Å². The van der Waals surface area contributed by atoms with Crippen molar-refractivity contribution in [1.29, 1.82) is 0 Å². The van der Waals surface area contributed by atoms with Crippen LogP contribution in [0.1, 0.15) is 40.0 Å². The second-order valence-corrected chi connectivity index (χ2v) is 7.92. The summed E-state index contributed by atoms with van der Waals surface area (Å²) in [6, 6.07) is 6.53. The lowest BCUT2D eigenvalue weighted by Crippen LogP contribution is -2.35. The molecule has 150 valence electrons. The van der Waals surface area contributed by atoms with Crippen molar-refractivity contribution in [3.05, 3.63) is 64.9 Å². The molecule has 2 aliphatic heterocycles. The number of hydroxylamine groups is 2. The van der Waals surface area contributed by atoms with Gasteiger partial charge in [-0.3, -0.25) is 14.9 Å². The van der Waals surface area contributed by atoms with Gasteiger partial charge in [-0.25, -0.2) is 14.4 Å². The van der Waals surface area contributed by atoms with E-state index in [9.17, 15) is 14.4 Å². The molecule has 4 heterocycles. The third kappa shape index (κ3) is 3.30. The number of amides is 1. The molecule has 6 nitrogen and oxygen atoms in total. The number of halogens is 1. The fourth-order valence-electron chi connectivity index (χ4n) is 4.53. The molecule has 29 heavy (non-hydrogen) atoms. The Labute approximate surface area is 168 Å². The van der Waals surface area contributed by atoms with Gasteiger partial charge in [-0.05, 0) is 61.2 Å². The monoisotopic (exact) mass is 394 g/mol. The normalized spacial score (nSPS) is 17.3. The predicted molar refractivity (Wildman–Crippen MR) is 106 cm³/mol. The van der Waals surface area contributed by atoms with Gasteiger partial charge in [-0.15, -0.1) is 0 Å². The van der Waals surface area contributed by atoms with E-state index >= 15 is 0 Å². The lowest BCUT2D eigenvalue weighted by atomic mass is 9.99. The number of aromatic nitrogens is 2. The SMILES string of the molecule is O=C1c2ncc3c(c(CN4CCCC4)cn3Cc3ccc(F)cc3)c2CCN1O. The molecule has 0 spiro atoms. The van der Waals surface area contributed by atoms with Crippen LogP contribution in [0.5, 0.6) is 0 Å². The summed E-state index contributed by atoms with van der Waals surface area (Å²) in [6.45, 7) is 3.89. The molecule has 2 aliphatic rings. The Hall–Kier alpha value is -2.77. The third-order valence-electron chi connectivity index (χ3n) is 5.97. The number of carbonyl (C=O) groups is 1. The predicted octanol–water partition coefficient (Wildman–Crippen LogP) is 3.21. The molecule has 1 fully saturated rings. The molecule has 0 radical (unpaired) electrons. The van der Waals surface area contributed by atoms with Gasteiger partial charge in [0.15, 0.2) is 0 Å². The van der Waals surface area contributed by atoms with Crippen molar-refractivity contribution >= 4 is 16.8 Å². The van der Waals surface area contributed by atoms with Crippen LogP contribution in [0.15, 0.2) is 36.7 Å². The number of likely N-dealkylation sites (tertiary alicyclic amines) is 1. The van der Waals surface area contributed by atoms with Gasteiger partial charge in [0, 0.05) is 24.7 Å². The lowest BCUT2D eigenvalue weighted by molar-refractivity contribution is -0.0606. The van der Waals surface area contributed by atoms with Crippen LogP contribution in [-0.2, 0) is 19.5 Å². The fraction of sp³-hybridized carbons (Fsp3) is 0.364. The van der Waals surface area contributed by atoms with Crippen molar-refractivity contribution in [1.82, 2.24) is 19.5 Å². The quantitative estimate of drug-likeness (QED) is 0.691. The molecule has 1 N–H and O–H groups in total. The van der Waals surface area contributed by atoms with Gasteiger partial charge < -0.3 is 4.57 Å². The van der Waals surface area contributed by atoms with Crippen LogP contribution in [0.3, 0.4) is 0 Å². The number of hydrogen-bond donors (Lipinski definition) is 1. The highest BCUT2D eigenvalue weighted by Gasteiger charge is 2.29. The minimum atomic E-state index is -0.438. The molecule has 2 aromatic heterocycles. The van der Waals surface area contributed by atoms with Crippen LogP contribution in [0.2, 0.25) is 0 Å². The van der Waals surface area contributed by atoms with Gasteiger partial charge in [-0.2, -0.15) is 0 Å². The molecule has 1 saturated heterocycles. The number of rotatable bonds is 4. The Bertz CT molecular complexity index is 1070. The first-order chi connectivity index (χ1) is 14.1. The van der Waals surface area contributed by atoms with Gasteiger partial charge >= 0.3 is 0 Å². The number of fused-ring (bicyclic) bond motifs is 3. The highest BCUT2D eigenvalue weighted by atomic mass is 19.1. The number of nitrogens with zero attached hydrogens (tertiary/aromatic N) is 4. The fourth-order valence-corrected chi connectivity index (χ4v) is 4.53. The Morgan fingerprint density at radius 3 is 2.59 bits per heavy atom.